The molecule has 0 bridgehead atoms. The topological polar surface area (TPSA) is 35.2 Å². The molecule has 84 valence electrons. The Bertz CT molecular complexity index is 279. The van der Waals surface area contributed by atoms with Gasteiger partial charge in [0, 0.05) is 0 Å². The van der Waals surface area contributed by atoms with Crippen LogP contribution in [0.1, 0.15) is 37.9 Å². The van der Waals surface area contributed by atoms with E-state index >= 15 is 0 Å². The number of ether oxygens (including phenoxy) is 1. The maximum atomic E-state index is 6.01. The molecule has 0 radical (unpaired) electrons. The Morgan fingerprint density at radius 1 is 1.20 bits per heavy atom. The molecule has 1 rings (SSSR count). The Hall–Kier alpha value is -0.860. The fourth-order valence-electron chi connectivity index (χ4n) is 1.39. The van der Waals surface area contributed by atoms with Gasteiger partial charge < -0.3 is 10.5 Å². The number of nitrogens with two attached hydrogens (primary N) is 1. The molecule has 0 saturated carbocycles. The molecule has 0 aliphatic carbocycles. The first-order valence-corrected chi connectivity index (χ1v) is 5.59. The molecule has 1 aromatic carbocycles. The van der Waals surface area contributed by atoms with Crippen LogP contribution in [-0.4, -0.2) is 12.7 Å². The van der Waals surface area contributed by atoms with E-state index in [-0.39, 0.29) is 12.1 Å². The lowest BCUT2D eigenvalue weighted by Crippen LogP contribution is -2.19. The Morgan fingerprint density at radius 2 is 1.80 bits per heavy atom. The van der Waals surface area contributed by atoms with E-state index in [1.54, 1.807) is 0 Å². The standard InChI is InChI=1S/C13H21NO/c1-4-11-5-7-12(8-6-11)13(14)9-15-10(2)3/h5-8,10,13H,4,9,14H2,1-3H3. The maximum absolute atomic E-state index is 6.01. The van der Waals surface area contributed by atoms with E-state index in [1.807, 2.05) is 13.8 Å². The summed E-state index contributed by atoms with van der Waals surface area (Å²) in [6.07, 6.45) is 1.31. The average molecular weight is 207 g/mol. The zero-order valence-electron chi connectivity index (χ0n) is 9.86. The van der Waals surface area contributed by atoms with Crippen molar-refractivity contribution < 1.29 is 4.74 Å². The molecule has 0 aliphatic heterocycles. The van der Waals surface area contributed by atoms with Gasteiger partial charge in [0.25, 0.3) is 0 Å². The van der Waals surface area contributed by atoms with E-state index in [9.17, 15) is 0 Å². The van der Waals surface area contributed by atoms with Gasteiger partial charge in [-0.15, -0.1) is 0 Å². The van der Waals surface area contributed by atoms with Crippen molar-refractivity contribution in [3.63, 3.8) is 0 Å². The monoisotopic (exact) mass is 207 g/mol. The molecular formula is C13H21NO. The van der Waals surface area contributed by atoms with Gasteiger partial charge >= 0.3 is 0 Å². The van der Waals surface area contributed by atoms with E-state index in [4.69, 9.17) is 10.5 Å². The lowest BCUT2D eigenvalue weighted by molar-refractivity contribution is 0.0683. The summed E-state index contributed by atoms with van der Waals surface area (Å²) in [5.41, 5.74) is 8.50. The van der Waals surface area contributed by atoms with Crippen molar-refractivity contribution in [2.45, 2.75) is 39.3 Å². The number of aryl methyl sites for hydroxylation is 1. The predicted molar refractivity (Wildman–Crippen MR) is 63.8 cm³/mol. The normalized spacial score (nSPS) is 13.1. The van der Waals surface area contributed by atoms with Gasteiger partial charge in [-0.2, -0.15) is 0 Å². The Labute approximate surface area is 92.4 Å². The minimum Gasteiger partial charge on any atom is -0.377 e. The van der Waals surface area contributed by atoms with E-state index in [2.05, 4.69) is 31.2 Å². The van der Waals surface area contributed by atoms with Gasteiger partial charge in [-0.1, -0.05) is 31.2 Å². The first-order valence-electron chi connectivity index (χ1n) is 5.59. The van der Waals surface area contributed by atoms with Crippen LogP contribution in [-0.2, 0) is 11.2 Å². The molecule has 15 heavy (non-hydrogen) atoms. The molecule has 1 aromatic rings. The highest BCUT2D eigenvalue weighted by atomic mass is 16.5. The molecule has 2 N–H and O–H groups in total. The number of benzene rings is 1. The molecular weight excluding hydrogens is 186 g/mol. The zero-order chi connectivity index (χ0) is 11.3. The van der Waals surface area contributed by atoms with E-state index in [1.165, 1.54) is 5.56 Å². The molecule has 0 saturated heterocycles. The number of rotatable bonds is 5. The maximum Gasteiger partial charge on any atom is 0.0662 e. The number of hydrogen-bond acceptors (Lipinski definition) is 2. The Balaban J connectivity index is 2.54. The van der Waals surface area contributed by atoms with Gasteiger partial charge in [0.1, 0.15) is 0 Å². The summed E-state index contributed by atoms with van der Waals surface area (Å²) in [6, 6.07) is 8.42. The molecule has 2 heteroatoms. The minimum absolute atomic E-state index is 0.0155. The first-order chi connectivity index (χ1) is 7.13. The summed E-state index contributed by atoms with van der Waals surface area (Å²) in [4.78, 5) is 0. The average Bonchev–Trinajstić information content (AvgIpc) is 2.26. The Morgan fingerprint density at radius 3 is 2.27 bits per heavy atom. The lowest BCUT2D eigenvalue weighted by atomic mass is 10.1. The third-order valence-electron chi connectivity index (χ3n) is 2.43. The van der Waals surface area contributed by atoms with Gasteiger partial charge in [-0.25, -0.2) is 0 Å². The second-order valence-electron chi connectivity index (χ2n) is 4.08. The van der Waals surface area contributed by atoms with Crippen LogP contribution in [0.25, 0.3) is 0 Å². The third-order valence-corrected chi connectivity index (χ3v) is 2.43. The lowest BCUT2D eigenvalue weighted by Gasteiger charge is -2.14. The van der Waals surface area contributed by atoms with Crippen molar-refractivity contribution in [1.82, 2.24) is 0 Å². The molecule has 0 aromatic heterocycles. The Kier molecular flexibility index (Phi) is 4.79. The predicted octanol–water partition coefficient (Wildman–Crippen LogP) is 2.67. The largest absolute Gasteiger partial charge is 0.377 e. The summed E-state index contributed by atoms with van der Waals surface area (Å²) >= 11 is 0. The van der Waals surface area contributed by atoms with Crippen LogP contribution in [0, 0.1) is 0 Å². The summed E-state index contributed by atoms with van der Waals surface area (Å²) in [5, 5.41) is 0. The van der Waals surface area contributed by atoms with E-state index in [0.29, 0.717) is 6.61 Å². The SMILES string of the molecule is CCc1ccc(C(N)COC(C)C)cc1. The molecule has 0 spiro atoms. The minimum atomic E-state index is -0.0155. The molecule has 0 fully saturated rings. The van der Waals surface area contributed by atoms with Crippen molar-refractivity contribution in [3.05, 3.63) is 35.4 Å². The molecule has 1 unspecified atom stereocenters. The molecule has 1 atom stereocenters. The van der Waals surface area contributed by atoms with Crippen LogP contribution in [0.5, 0.6) is 0 Å². The van der Waals surface area contributed by atoms with Gasteiger partial charge in [-0.05, 0) is 31.4 Å². The summed E-state index contributed by atoms with van der Waals surface area (Å²) in [7, 11) is 0. The zero-order valence-corrected chi connectivity index (χ0v) is 9.86. The van der Waals surface area contributed by atoms with Crippen LogP contribution in [0.2, 0.25) is 0 Å². The highest BCUT2D eigenvalue weighted by Gasteiger charge is 2.06. The van der Waals surface area contributed by atoms with Crippen LogP contribution >= 0.6 is 0 Å². The van der Waals surface area contributed by atoms with E-state index in [0.717, 1.165) is 12.0 Å². The van der Waals surface area contributed by atoms with Crippen LogP contribution < -0.4 is 5.73 Å². The summed E-state index contributed by atoms with van der Waals surface area (Å²) in [6.45, 7) is 6.78. The summed E-state index contributed by atoms with van der Waals surface area (Å²) < 4.78 is 5.49. The summed E-state index contributed by atoms with van der Waals surface area (Å²) in [5.74, 6) is 0. The van der Waals surface area contributed by atoms with Gasteiger partial charge in [0.15, 0.2) is 0 Å². The van der Waals surface area contributed by atoms with Crippen LogP contribution in [0.4, 0.5) is 0 Å². The van der Waals surface area contributed by atoms with Crippen LogP contribution in [0.3, 0.4) is 0 Å². The van der Waals surface area contributed by atoms with Gasteiger partial charge in [-0.3, -0.25) is 0 Å². The highest BCUT2D eigenvalue weighted by Crippen LogP contribution is 2.13. The van der Waals surface area contributed by atoms with Gasteiger partial charge in [0.05, 0.1) is 18.8 Å². The first kappa shape index (κ1) is 12.2. The fourth-order valence-corrected chi connectivity index (χ4v) is 1.39. The third kappa shape index (κ3) is 4.02. The van der Waals surface area contributed by atoms with Crippen molar-refractivity contribution in [2.24, 2.45) is 5.73 Å². The molecule has 0 aliphatic rings. The molecule has 0 heterocycles. The smallest absolute Gasteiger partial charge is 0.0662 e. The molecule has 0 amide bonds. The highest BCUT2D eigenvalue weighted by molar-refractivity contribution is 5.24. The second-order valence-corrected chi connectivity index (χ2v) is 4.08. The van der Waals surface area contributed by atoms with Gasteiger partial charge in [0.2, 0.25) is 0 Å². The van der Waals surface area contributed by atoms with Crippen molar-refractivity contribution in [2.75, 3.05) is 6.61 Å². The van der Waals surface area contributed by atoms with Crippen molar-refractivity contribution >= 4 is 0 Å². The number of hydrogen-bond donors (Lipinski definition) is 1. The fraction of sp³-hybridized carbons (Fsp3) is 0.538. The van der Waals surface area contributed by atoms with E-state index < -0.39 is 0 Å². The van der Waals surface area contributed by atoms with Crippen molar-refractivity contribution in [3.8, 4) is 0 Å². The quantitative estimate of drug-likeness (QED) is 0.805. The van der Waals surface area contributed by atoms with Crippen LogP contribution in [0.15, 0.2) is 24.3 Å². The second kappa shape index (κ2) is 5.89. The van der Waals surface area contributed by atoms with Crippen molar-refractivity contribution in [1.29, 1.82) is 0 Å². The molecule has 2 nitrogen and oxygen atoms in total.